The third kappa shape index (κ3) is 3.66. The molecule has 0 fully saturated rings. The summed E-state index contributed by atoms with van der Waals surface area (Å²) in [6, 6.07) is 0. The number of rotatable bonds is 6. The predicted octanol–water partition coefficient (Wildman–Crippen LogP) is 2.74. The van der Waals surface area contributed by atoms with E-state index in [2.05, 4.69) is 32.6 Å². The SMILES string of the molecule is CCCc1nc(N)c(C)c(NCCc2nc(C)cs2)n1. The number of nitrogen functional groups attached to an aromatic ring is 1. The van der Waals surface area contributed by atoms with Crippen molar-refractivity contribution in [2.24, 2.45) is 0 Å². The molecule has 2 rings (SSSR count). The Morgan fingerprint density at radius 2 is 2.00 bits per heavy atom. The maximum absolute atomic E-state index is 5.94. The van der Waals surface area contributed by atoms with Gasteiger partial charge in [-0.25, -0.2) is 15.0 Å². The second kappa shape index (κ2) is 6.65. The van der Waals surface area contributed by atoms with Crippen molar-refractivity contribution in [3.05, 3.63) is 27.5 Å². The minimum Gasteiger partial charge on any atom is -0.383 e. The lowest BCUT2D eigenvalue weighted by Gasteiger charge is -2.11. The number of nitrogens with zero attached hydrogens (tertiary/aromatic N) is 3. The van der Waals surface area contributed by atoms with Gasteiger partial charge in [-0.1, -0.05) is 6.92 Å². The zero-order valence-corrected chi connectivity index (χ0v) is 13.0. The minimum absolute atomic E-state index is 0.566. The van der Waals surface area contributed by atoms with E-state index in [-0.39, 0.29) is 0 Å². The lowest BCUT2D eigenvalue weighted by Crippen LogP contribution is -2.12. The summed E-state index contributed by atoms with van der Waals surface area (Å²) in [7, 11) is 0. The normalized spacial score (nSPS) is 10.8. The standard InChI is InChI=1S/C14H21N5S/c1-4-5-11-18-13(15)10(3)14(19-11)16-7-6-12-17-9(2)8-20-12/h8H,4-7H2,1-3H3,(H3,15,16,18,19). The molecule has 2 aromatic heterocycles. The first-order chi connectivity index (χ1) is 9.60. The van der Waals surface area contributed by atoms with Gasteiger partial charge in [-0.2, -0.15) is 0 Å². The van der Waals surface area contributed by atoms with Crippen LogP contribution in [0.15, 0.2) is 5.38 Å². The Bertz CT molecular complexity index is 579. The van der Waals surface area contributed by atoms with Crippen LogP contribution >= 0.6 is 11.3 Å². The number of aromatic nitrogens is 3. The average molecular weight is 291 g/mol. The van der Waals surface area contributed by atoms with Crippen molar-refractivity contribution in [3.8, 4) is 0 Å². The lowest BCUT2D eigenvalue weighted by atomic mass is 10.2. The van der Waals surface area contributed by atoms with Gasteiger partial charge in [0, 0.05) is 36.0 Å². The molecule has 0 bridgehead atoms. The molecule has 0 aromatic carbocycles. The summed E-state index contributed by atoms with van der Waals surface area (Å²) in [4.78, 5) is 13.3. The molecule has 0 atom stereocenters. The van der Waals surface area contributed by atoms with E-state index in [1.807, 2.05) is 13.8 Å². The molecule has 0 aliphatic heterocycles. The van der Waals surface area contributed by atoms with Crippen molar-refractivity contribution >= 4 is 23.0 Å². The summed E-state index contributed by atoms with van der Waals surface area (Å²) in [6.45, 7) is 6.87. The number of nitrogens with one attached hydrogen (secondary N) is 1. The quantitative estimate of drug-likeness (QED) is 0.855. The molecule has 2 aromatic rings. The Labute approximate surface area is 123 Å². The van der Waals surface area contributed by atoms with E-state index in [1.165, 1.54) is 0 Å². The molecular formula is C14H21N5S. The van der Waals surface area contributed by atoms with E-state index in [0.717, 1.165) is 53.7 Å². The first-order valence-corrected chi connectivity index (χ1v) is 7.76. The van der Waals surface area contributed by atoms with E-state index in [4.69, 9.17) is 5.73 Å². The monoisotopic (exact) mass is 291 g/mol. The first-order valence-electron chi connectivity index (χ1n) is 6.88. The fourth-order valence-corrected chi connectivity index (χ4v) is 2.67. The van der Waals surface area contributed by atoms with Crippen molar-refractivity contribution in [2.45, 2.75) is 40.0 Å². The molecule has 20 heavy (non-hydrogen) atoms. The summed E-state index contributed by atoms with van der Waals surface area (Å²) < 4.78 is 0. The van der Waals surface area contributed by atoms with Crippen molar-refractivity contribution in [2.75, 3.05) is 17.6 Å². The highest BCUT2D eigenvalue weighted by Crippen LogP contribution is 2.18. The second-order valence-corrected chi connectivity index (χ2v) is 5.75. The van der Waals surface area contributed by atoms with Gasteiger partial charge in [-0.15, -0.1) is 11.3 Å². The smallest absolute Gasteiger partial charge is 0.134 e. The van der Waals surface area contributed by atoms with E-state index in [1.54, 1.807) is 11.3 Å². The summed E-state index contributed by atoms with van der Waals surface area (Å²) in [5.41, 5.74) is 7.93. The topological polar surface area (TPSA) is 76.7 Å². The number of hydrogen-bond acceptors (Lipinski definition) is 6. The van der Waals surface area contributed by atoms with Crippen LogP contribution in [-0.4, -0.2) is 21.5 Å². The Morgan fingerprint density at radius 3 is 2.65 bits per heavy atom. The summed E-state index contributed by atoms with van der Waals surface area (Å²) in [5.74, 6) is 2.22. The van der Waals surface area contributed by atoms with E-state index >= 15 is 0 Å². The molecule has 6 heteroatoms. The van der Waals surface area contributed by atoms with Gasteiger partial charge in [0.05, 0.1) is 5.01 Å². The Morgan fingerprint density at radius 1 is 1.20 bits per heavy atom. The van der Waals surface area contributed by atoms with Crippen LogP contribution < -0.4 is 11.1 Å². The Hall–Kier alpha value is -1.69. The van der Waals surface area contributed by atoms with Gasteiger partial charge in [-0.05, 0) is 20.3 Å². The molecule has 0 amide bonds. The van der Waals surface area contributed by atoms with Crippen molar-refractivity contribution in [1.82, 2.24) is 15.0 Å². The van der Waals surface area contributed by atoms with Gasteiger partial charge in [-0.3, -0.25) is 0 Å². The van der Waals surface area contributed by atoms with Crippen molar-refractivity contribution in [3.63, 3.8) is 0 Å². The average Bonchev–Trinajstić information content (AvgIpc) is 2.81. The highest BCUT2D eigenvalue weighted by Gasteiger charge is 2.08. The molecule has 2 heterocycles. The zero-order valence-electron chi connectivity index (χ0n) is 12.2. The molecule has 0 saturated heterocycles. The van der Waals surface area contributed by atoms with Crippen LogP contribution in [0.3, 0.4) is 0 Å². The third-order valence-electron chi connectivity index (χ3n) is 3.00. The van der Waals surface area contributed by atoms with Crippen LogP contribution in [-0.2, 0) is 12.8 Å². The molecule has 0 aliphatic carbocycles. The van der Waals surface area contributed by atoms with Crippen molar-refractivity contribution < 1.29 is 0 Å². The highest BCUT2D eigenvalue weighted by molar-refractivity contribution is 7.09. The van der Waals surface area contributed by atoms with Crippen LogP contribution in [0.2, 0.25) is 0 Å². The third-order valence-corrected chi connectivity index (χ3v) is 4.03. The Kier molecular flexibility index (Phi) is 4.89. The molecule has 0 spiro atoms. The van der Waals surface area contributed by atoms with Crippen LogP contribution in [0.25, 0.3) is 0 Å². The highest BCUT2D eigenvalue weighted by atomic mass is 32.1. The summed E-state index contributed by atoms with van der Waals surface area (Å²) >= 11 is 1.69. The zero-order chi connectivity index (χ0) is 14.5. The van der Waals surface area contributed by atoms with Crippen LogP contribution in [0.1, 0.15) is 35.4 Å². The molecule has 0 radical (unpaired) electrons. The van der Waals surface area contributed by atoms with E-state index in [9.17, 15) is 0 Å². The molecule has 0 unspecified atom stereocenters. The molecule has 0 aliphatic rings. The van der Waals surface area contributed by atoms with E-state index in [0.29, 0.717) is 5.82 Å². The van der Waals surface area contributed by atoms with Gasteiger partial charge >= 0.3 is 0 Å². The maximum Gasteiger partial charge on any atom is 0.134 e. The minimum atomic E-state index is 0.566. The fraction of sp³-hybridized carbons (Fsp3) is 0.500. The molecular weight excluding hydrogens is 270 g/mol. The van der Waals surface area contributed by atoms with Crippen LogP contribution in [0, 0.1) is 13.8 Å². The van der Waals surface area contributed by atoms with Gasteiger partial charge in [0.25, 0.3) is 0 Å². The van der Waals surface area contributed by atoms with Gasteiger partial charge in [0.1, 0.15) is 17.5 Å². The van der Waals surface area contributed by atoms with Crippen LogP contribution in [0.5, 0.6) is 0 Å². The summed E-state index contributed by atoms with van der Waals surface area (Å²) in [5, 5.41) is 6.56. The molecule has 0 saturated carbocycles. The molecule has 108 valence electrons. The Balaban J connectivity index is 2.01. The van der Waals surface area contributed by atoms with Crippen LogP contribution in [0.4, 0.5) is 11.6 Å². The lowest BCUT2D eigenvalue weighted by molar-refractivity contribution is 0.832. The molecule has 3 N–H and O–H groups in total. The largest absolute Gasteiger partial charge is 0.383 e. The number of nitrogens with two attached hydrogens (primary N) is 1. The molecule has 5 nitrogen and oxygen atoms in total. The first kappa shape index (κ1) is 14.7. The van der Waals surface area contributed by atoms with E-state index < -0.39 is 0 Å². The van der Waals surface area contributed by atoms with Gasteiger partial charge in [0.2, 0.25) is 0 Å². The fourth-order valence-electron chi connectivity index (χ4n) is 1.89. The summed E-state index contributed by atoms with van der Waals surface area (Å²) in [6.07, 6.45) is 2.76. The van der Waals surface area contributed by atoms with Gasteiger partial charge < -0.3 is 11.1 Å². The number of anilines is 2. The number of thiazole rings is 1. The second-order valence-electron chi connectivity index (χ2n) is 4.81. The maximum atomic E-state index is 5.94. The van der Waals surface area contributed by atoms with Crippen molar-refractivity contribution in [1.29, 1.82) is 0 Å². The predicted molar refractivity (Wildman–Crippen MR) is 84.2 cm³/mol. The number of aryl methyl sites for hydroxylation is 2. The van der Waals surface area contributed by atoms with Gasteiger partial charge in [0.15, 0.2) is 0 Å². The number of hydrogen-bond donors (Lipinski definition) is 2.